The molecule has 0 spiro atoms. The summed E-state index contributed by atoms with van der Waals surface area (Å²) in [4.78, 5) is 30.6. The predicted octanol–water partition coefficient (Wildman–Crippen LogP) is 0.211. The third-order valence-corrected chi connectivity index (χ3v) is 3.26. The van der Waals surface area contributed by atoms with Gasteiger partial charge in [0.25, 0.3) is 0 Å². The zero-order valence-corrected chi connectivity index (χ0v) is 11.0. The molecule has 0 unspecified atom stereocenters. The average molecular weight is 274 g/mol. The van der Waals surface area contributed by atoms with Gasteiger partial charge in [0.15, 0.2) is 5.58 Å². The summed E-state index contributed by atoms with van der Waals surface area (Å²) < 4.78 is 5.55. The number of amides is 2. The standard InChI is InChI=1S/C13H14N4O3/c1-16-6-13(19)17(7-12(16)18)5-11-15-9-3-2-8(14)4-10(9)20-11/h2-4H,5-7,14H2,1H3. The highest BCUT2D eigenvalue weighted by molar-refractivity contribution is 5.92. The molecular weight excluding hydrogens is 260 g/mol. The molecule has 20 heavy (non-hydrogen) atoms. The van der Waals surface area contributed by atoms with Crippen LogP contribution < -0.4 is 5.73 Å². The van der Waals surface area contributed by atoms with Crippen molar-refractivity contribution in [3.63, 3.8) is 0 Å². The Morgan fingerprint density at radius 1 is 1.30 bits per heavy atom. The number of hydrogen-bond acceptors (Lipinski definition) is 5. The van der Waals surface area contributed by atoms with Crippen molar-refractivity contribution in [1.29, 1.82) is 0 Å². The number of rotatable bonds is 2. The Bertz CT molecular complexity index is 694. The van der Waals surface area contributed by atoms with Gasteiger partial charge in [-0.1, -0.05) is 0 Å². The second-order valence-corrected chi connectivity index (χ2v) is 4.83. The van der Waals surface area contributed by atoms with Crippen LogP contribution in [0.15, 0.2) is 22.6 Å². The highest BCUT2D eigenvalue weighted by Gasteiger charge is 2.28. The first-order chi connectivity index (χ1) is 9.52. The van der Waals surface area contributed by atoms with Crippen molar-refractivity contribution in [3.05, 3.63) is 24.1 Å². The number of fused-ring (bicyclic) bond motifs is 1. The molecule has 2 amide bonds. The third-order valence-electron chi connectivity index (χ3n) is 3.26. The Morgan fingerprint density at radius 3 is 2.90 bits per heavy atom. The van der Waals surface area contributed by atoms with E-state index in [0.717, 1.165) is 0 Å². The zero-order valence-electron chi connectivity index (χ0n) is 11.0. The van der Waals surface area contributed by atoms with Crippen molar-refractivity contribution >= 4 is 28.6 Å². The van der Waals surface area contributed by atoms with Gasteiger partial charge in [-0.05, 0) is 12.1 Å². The van der Waals surface area contributed by atoms with Gasteiger partial charge in [0.05, 0.1) is 13.1 Å². The molecule has 7 heteroatoms. The highest BCUT2D eigenvalue weighted by atomic mass is 16.3. The summed E-state index contributed by atoms with van der Waals surface area (Å²) in [5.41, 5.74) is 7.52. The van der Waals surface area contributed by atoms with Gasteiger partial charge in [0, 0.05) is 18.8 Å². The van der Waals surface area contributed by atoms with Crippen LogP contribution in [0.5, 0.6) is 0 Å². The first-order valence-electron chi connectivity index (χ1n) is 6.19. The Kier molecular flexibility index (Phi) is 2.81. The minimum Gasteiger partial charge on any atom is -0.439 e. The van der Waals surface area contributed by atoms with Crippen LogP contribution in [0.1, 0.15) is 5.89 Å². The molecule has 0 radical (unpaired) electrons. The smallest absolute Gasteiger partial charge is 0.243 e. The topological polar surface area (TPSA) is 92.7 Å². The number of carbonyl (C=O) groups is 2. The molecule has 1 aliphatic heterocycles. The van der Waals surface area contributed by atoms with E-state index in [1.807, 2.05) is 0 Å². The molecule has 104 valence electrons. The third kappa shape index (κ3) is 2.18. The van der Waals surface area contributed by atoms with E-state index in [0.29, 0.717) is 22.7 Å². The Hall–Kier alpha value is -2.57. The number of hydrogen-bond donors (Lipinski definition) is 1. The second kappa shape index (κ2) is 4.52. The van der Waals surface area contributed by atoms with Crippen molar-refractivity contribution in [2.45, 2.75) is 6.54 Å². The van der Waals surface area contributed by atoms with Gasteiger partial charge in [-0.25, -0.2) is 4.98 Å². The van der Waals surface area contributed by atoms with Gasteiger partial charge in [-0.2, -0.15) is 0 Å². The monoisotopic (exact) mass is 274 g/mol. The number of nitrogen functional groups attached to an aromatic ring is 1. The molecule has 2 heterocycles. The molecule has 2 N–H and O–H groups in total. The molecule has 0 bridgehead atoms. The van der Waals surface area contributed by atoms with E-state index in [-0.39, 0.29) is 31.4 Å². The molecule has 3 rings (SSSR count). The lowest BCUT2D eigenvalue weighted by atomic mass is 10.3. The fourth-order valence-corrected chi connectivity index (χ4v) is 2.13. The number of carbonyl (C=O) groups excluding carboxylic acids is 2. The van der Waals surface area contributed by atoms with E-state index >= 15 is 0 Å². The quantitative estimate of drug-likeness (QED) is 0.790. The molecule has 1 aromatic carbocycles. The highest BCUT2D eigenvalue weighted by Crippen LogP contribution is 2.19. The Morgan fingerprint density at radius 2 is 2.10 bits per heavy atom. The lowest BCUT2D eigenvalue weighted by Gasteiger charge is -2.30. The summed E-state index contributed by atoms with van der Waals surface area (Å²) in [5.74, 6) is 0.190. The molecule has 1 aromatic heterocycles. The second-order valence-electron chi connectivity index (χ2n) is 4.83. The first kappa shape index (κ1) is 12.5. The van der Waals surface area contributed by atoms with Gasteiger partial charge in [-0.15, -0.1) is 0 Å². The number of nitrogens with two attached hydrogens (primary N) is 1. The van der Waals surface area contributed by atoms with Crippen LogP contribution in [0.25, 0.3) is 11.1 Å². The van der Waals surface area contributed by atoms with Crippen LogP contribution in [0.4, 0.5) is 5.69 Å². The summed E-state index contributed by atoms with van der Waals surface area (Å²) in [7, 11) is 1.61. The molecule has 1 fully saturated rings. The maximum Gasteiger partial charge on any atom is 0.243 e. The molecule has 1 aliphatic rings. The van der Waals surface area contributed by atoms with E-state index in [1.54, 1.807) is 25.2 Å². The minimum absolute atomic E-state index is 0.0518. The van der Waals surface area contributed by atoms with Crippen LogP contribution in [0.2, 0.25) is 0 Å². The minimum atomic E-state index is -0.117. The van der Waals surface area contributed by atoms with E-state index in [2.05, 4.69) is 4.98 Å². The molecule has 2 aromatic rings. The number of oxazole rings is 1. The summed E-state index contributed by atoms with van der Waals surface area (Å²) >= 11 is 0. The van der Waals surface area contributed by atoms with Crippen molar-refractivity contribution in [1.82, 2.24) is 14.8 Å². The van der Waals surface area contributed by atoms with Gasteiger partial charge < -0.3 is 20.0 Å². The number of aromatic nitrogens is 1. The molecule has 0 atom stereocenters. The molecule has 0 aliphatic carbocycles. The number of benzene rings is 1. The van der Waals surface area contributed by atoms with Crippen molar-refractivity contribution < 1.29 is 14.0 Å². The van der Waals surface area contributed by atoms with Crippen molar-refractivity contribution in [2.24, 2.45) is 0 Å². The van der Waals surface area contributed by atoms with Gasteiger partial charge in [-0.3, -0.25) is 9.59 Å². The summed E-state index contributed by atoms with van der Waals surface area (Å²) in [5, 5.41) is 0. The van der Waals surface area contributed by atoms with E-state index in [1.165, 1.54) is 9.80 Å². The van der Waals surface area contributed by atoms with Crippen LogP contribution in [0.3, 0.4) is 0 Å². The Balaban J connectivity index is 1.82. The fraction of sp³-hybridized carbons (Fsp3) is 0.308. The number of anilines is 1. The van der Waals surface area contributed by atoms with E-state index in [9.17, 15) is 9.59 Å². The largest absolute Gasteiger partial charge is 0.439 e. The van der Waals surface area contributed by atoms with Crippen LogP contribution in [0, 0.1) is 0 Å². The molecule has 1 saturated heterocycles. The number of piperazine rings is 1. The summed E-state index contributed by atoms with van der Waals surface area (Å²) in [6.07, 6.45) is 0. The maximum atomic E-state index is 11.9. The summed E-state index contributed by atoms with van der Waals surface area (Å²) in [6.45, 7) is 0.329. The zero-order chi connectivity index (χ0) is 14.3. The van der Waals surface area contributed by atoms with Gasteiger partial charge in [0.1, 0.15) is 12.1 Å². The molecule has 0 saturated carbocycles. The molecular formula is C13H14N4O3. The average Bonchev–Trinajstić information content (AvgIpc) is 2.77. The number of likely N-dealkylation sites (N-methyl/N-ethyl adjacent to an activating group) is 1. The van der Waals surface area contributed by atoms with E-state index < -0.39 is 0 Å². The van der Waals surface area contributed by atoms with Crippen molar-refractivity contribution in [2.75, 3.05) is 25.9 Å². The first-order valence-corrected chi connectivity index (χ1v) is 6.19. The lowest BCUT2D eigenvalue weighted by Crippen LogP contribution is -2.51. The lowest BCUT2D eigenvalue weighted by molar-refractivity contribution is -0.149. The maximum absolute atomic E-state index is 11.9. The predicted molar refractivity (Wildman–Crippen MR) is 71.5 cm³/mol. The Labute approximate surface area is 114 Å². The van der Waals surface area contributed by atoms with Crippen LogP contribution in [-0.4, -0.2) is 46.7 Å². The van der Waals surface area contributed by atoms with Crippen LogP contribution >= 0.6 is 0 Å². The van der Waals surface area contributed by atoms with E-state index in [4.69, 9.17) is 10.2 Å². The molecule has 7 nitrogen and oxygen atoms in total. The van der Waals surface area contributed by atoms with Crippen LogP contribution in [-0.2, 0) is 16.1 Å². The normalized spacial score (nSPS) is 16.2. The van der Waals surface area contributed by atoms with Gasteiger partial charge in [0.2, 0.25) is 17.7 Å². The number of nitrogens with zero attached hydrogens (tertiary/aromatic N) is 3. The van der Waals surface area contributed by atoms with Gasteiger partial charge >= 0.3 is 0 Å². The fourth-order valence-electron chi connectivity index (χ4n) is 2.13. The summed E-state index contributed by atoms with van der Waals surface area (Å²) in [6, 6.07) is 5.18. The SMILES string of the molecule is CN1CC(=O)N(Cc2nc3ccc(N)cc3o2)CC1=O. The van der Waals surface area contributed by atoms with Crippen molar-refractivity contribution in [3.8, 4) is 0 Å².